The van der Waals surface area contributed by atoms with Crippen LogP contribution < -0.4 is 10.2 Å². The molecule has 7 heteroatoms. The number of fused-ring (bicyclic) bond motifs is 1. The van der Waals surface area contributed by atoms with E-state index in [1.165, 1.54) is 16.5 Å². The van der Waals surface area contributed by atoms with E-state index in [0.29, 0.717) is 5.75 Å². The predicted octanol–water partition coefficient (Wildman–Crippen LogP) is 4.21. The van der Waals surface area contributed by atoms with Crippen LogP contribution in [-0.2, 0) is 6.42 Å². The zero-order valence-corrected chi connectivity index (χ0v) is 20.4. The van der Waals surface area contributed by atoms with Crippen molar-refractivity contribution < 1.29 is 5.11 Å². The third-order valence-corrected chi connectivity index (χ3v) is 5.68. The Morgan fingerprint density at radius 2 is 1.81 bits per heavy atom. The number of nitrogens with zero attached hydrogens (tertiary/aromatic N) is 3. The Kier molecular flexibility index (Phi) is 8.45. The van der Waals surface area contributed by atoms with Crippen molar-refractivity contribution in [1.29, 1.82) is 0 Å². The van der Waals surface area contributed by atoms with Gasteiger partial charge in [0.25, 0.3) is 0 Å². The van der Waals surface area contributed by atoms with E-state index in [1.54, 1.807) is 6.07 Å². The largest absolute Gasteiger partial charge is 0.506 e. The zero-order chi connectivity index (χ0) is 20.8. The normalized spacial score (nSPS) is 14.5. The Balaban J connectivity index is 0.00000272. The lowest BCUT2D eigenvalue weighted by Crippen LogP contribution is -2.52. The molecule has 0 atom stereocenters. The molecule has 4 rings (SSSR count). The van der Waals surface area contributed by atoms with E-state index in [0.717, 1.165) is 63.8 Å². The molecule has 0 unspecified atom stereocenters. The minimum atomic E-state index is 0. The number of hydrogen-bond donors (Lipinski definition) is 3. The summed E-state index contributed by atoms with van der Waals surface area (Å²) < 4.78 is 0. The molecule has 0 aliphatic carbocycles. The van der Waals surface area contributed by atoms with E-state index in [-0.39, 0.29) is 24.0 Å². The van der Waals surface area contributed by atoms with Crippen LogP contribution in [0.4, 0.5) is 5.69 Å². The fourth-order valence-corrected chi connectivity index (χ4v) is 4.11. The van der Waals surface area contributed by atoms with Crippen LogP contribution in [-0.4, -0.2) is 60.2 Å². The van der Waals surface area contributed by atoms with Crippen LogP contribution in [0.3, 0.4) is 0 Å². The van der Waals surface area contributed by atoms with Crippen LogP contribution in [0, 0.1) is 0 Å². The molecule has 0 bridgehead atoms. The highest BCUT2D eigenvalue weighted by Gasteiger charge is 2.21. The lowest BCUT2D eigenvalue weighted by Gasteiger charge is -2.37. The van der Waals surface area contributed by atoms with E-state index in [4.69, 9.17) is 4.99 Å². The lowest BCUT2D eigenvalue weighted by molar-refractivity contribution is 0.370. The van der Waals surface area contributed by atoms with E-state index in [2.05, 4.69) is 57.5 Å². The van der Waals surface area contributed by atoms with Crippen molar-refractivity contribution in [2.45, 2.75) is 19.8 Å². The number of benzene rings is 2. The number of aromatic hydroxyl groups is 1. The number of para-hydroxylation sites is 3. The van der Waals surface area contributed by atoms with Crippen LogP contribution in [0.25, 0.3) is 10.9 Å². The van der Waals surface area contributed by atoms with Crippen LogP contribution in [0.5, 0.6) is 5.75 Å². The maximum absolute atomic E-state index is 10.1. The summed E-state index contributed by atoms with van der Waals surface area (Å²) in [5.41, 5.74) is 3.48. The number of guanidine groups is 1. The lowest BCUT2D eigenvalue weighted by atomic mass is 10.1. The second kappa shape index (κ2) is 11.3. The van der Waals surface area contributed by atoms with Crippen molar-refractivity contribution in [1.82, 2.24) is 15.2 Å². The van der Waals surface area contributed by atoms with Crippen LogP contribution >= 0.6 is 24.0 Å². The Morgan fingerprint density at radius 1 is 1.06 bits per heavy atom. The van der Waals surface area contributed by atoms with Gasteiger partial charge in [-0.1, -0.05) is 30.3 Å². The van der Waals surface area contributed by atoms with Crippen molar-refractivity contribution in [3.05, 3.63) is 60.3 Å². The Hall–Kier alpha value is -2.42. The first-order chi connectivity index (χ1) is 14.8. The molecule has 1 aliphatic heterocycles. The van der Waals surface area contributed by atoms with Gasteiger partial charge < -0.3 is 25.2 Å². The molecule has 166 valence electrons. The van der Waals surface area contributed by atoms with E-state index >= 15 is 0 Å². The van der Waals surface area contributed by atoms with Gasteiger partial charge >= 0.3 is 0 Å². The summed E-state index contributed by atoms with van der Waals surface area (Å²) >= 11 is 0. The molecular formula is C24H32IN5O. The van der Waals surface area contributed by atoms with Crippen molar-refractivity contribution in [3.8, 4) is 5.75 Å². The first-order valence-corrected chi connectivity index (χ1v) is 10.9. The summed E-state index contributed by atoms with van der Waals surface area (Å²) in [4.78, 5) is 12.8. The number of aromatic amines is 1. The fraction of sp³-hybridized carbons (Fsp3) is 0.375. The first-order valence-electron chi connectivity index (χ1n) is 10.9. The van der Waals surface area contributed by atoms with Gasteiger partial charge in [-0.15, -0.1) is 24.0 Å². The maximum Gasteiger partial charge on any atom is 0.194 e. The number of anilines is 1. The van der Waals surface area contributed by atoms with Crippen LogP contribution in [0.2, 0.25) is 0 Å². The van der Waals surface area contributed by atoms with Gasteiger partial charge in [0.15, 0.2) is 5.96 Å². The molecule has 1 aliphatic rings. The number of aliphatic imine (C=N–C) groups is 1. The minimum Gasteiger partial charge on any atom is -0.506 e. The van der Waals surface area contributed by atoms with Crippen LogP contribution in [0.15, 0.2) is 59.7 Å². The molecule has 3 N–H and O–H groups in total. The SMILES string of the molecule is CCNC(=NCCCc1c[nH]c2ccccc12)N1CCN(c2ccccc2O)CC1.I. The van der Waals surface area contributed by atoms with Crippen molar-refractivity contribution in [2.75, 3.05) is 44.2 Å². The van der Waals surface area contributed by atoms with Gasteiger partial charge in [0.1, 0.15) is 5.75 Å². The summed E-state index contributed by atoms with van der Waals surface area (Å²) in [5, 5.41) is 14.9. The van der Waals surface area contributed by atoms with Crippen molar-refractivity contribution >= 4 is 46.5 Å². The quantitative estimate of drug-likeness (QED) is 0.192. The number of piperazine rings is 1. The Labute approximate surface area is 201 Å². The van der Waals surface area contributed by atoms with Gasteiger partial charge in [-0.3, -0.25) is 4.99 Å². The van der Waals surface area contributed by atoms with Gasteiger partial charge in [-0.05, 0) is 43.5 Å². The molecule has 3 aromatic rings. The average Bonchev–Trinajstić information content (AvgIpc) is 3.20. The van der Waals surface area contributed by atoms with Crippen molar-refractivity contribution in [2.24, 2.45) is 4.99 Å². The Bertz CT molecular complexity index is 994. The molecule has 2 heterocycles. The monoisotopic (exact) mass is 533 g/mol. The van der Waals surface area contributed by atoms with E-state index < -0.39 is 0 Å². The number of hydrogen-bond acceptors (Lipinski definition) is 3. The molecule has 0 amide bonds. The topological polar surface area (TPSA) is 66.9 Å². The second-order valence-corrected chi connectivity index (χ2v) is 7.66. The molecule has 0 saturated carbocycles. The van der Waals surface area contributed by atoms with Gasteiger partial charge in [0.05, 0.1) is 5.69 Å². The molecule has 0 spiro atoms. The second-order valence-electron chi connectivity index (χ2n) is 7.66. The number of phenols is 1. The van der Waals surface area contributed by atoms with E-state index in [9.17, 15) is 5.11 Å². The first kappa shape index (κ1) is 23.2. The third kappa shape index (κ3) is 5.64. The molecule has 6 nitrogen and oxygen atoms in total. The standard InChI is InChI=1S/C24H31N5O.HI/c1-2-25-24(26-13-7-8-19-18-27-21-10-4-3-9-20(19)21)29-16-14-28(15-17-29)22-11-5-6-12-23(22)30;/h3-6,9-12,18,27,30H,2,7-8,13-17H2,1H3,(H,25,26);1H. The number of aromatic nitrogens is 1. The summed E-state index contributed by atoms with van der Waals surface area (Å²) in [5.74, 6) is 1.34. The predicted molar refractivity (Wildman–Crippen MR) is 140 cm³/mol. The summed E-state index contributed by atoms with van der Waals surface area (Å²) in [6.45, 7) is 7.31. The number of phenolic OH excluding ortho intramolecular Hbond substituents is 1. The number of aryl methyl sites for hydroxylation is 1. The van der Waals surface area contributed by atoms with Gasteiger partial charge in [0, 0.05) is 56.4 Å². The summed E-state index contributed by atoms with van der Waals surface area (Å²) in [6, 6.07) is 16.0. The molecule has 31 heavy (non-hydrogen) atoms. The average molecular weight is 533 g/mol. The molecule has 0 radical (unpaired) electrons. The molecular weight excluding hydrogens is 501 g/mol. The highest BCUT2D eigenvalue weighted by molar-refractivity contribution is 14.0. The zero-order valence-electron chi connectivity index (χ0n) is 18.1. The van der Waals surface area contributed by atoms with E-state index in [1.807, 2.05) is 18.2 Å². The summed E-state index contributed by atoms with van der Waals surface area (Å²) in [7, 11) is 0. The molecule has 1 aromatic heterocycles. The van der Waals surface area contributed by atoms with Crippen LogP contribution in [0.1, 0.15) is 18.9 Å². The fourth-order valence-electron chi connectivity index (χ4n) is 4.11. The smallest absolute Gasteiger partial charge is 0.194 e. The highest BCUT2D eigenvalue weighted by atomic mass is 127. The maximum atomic E-state index is 10.1. The number of halogens is 1. The number of H-pyrrole nitrogens is 1. The van der Waals surface area contributed by atoms with Gasteiger partial charge in [0.2, 0.25) is 0 Å². The van der Waals surface area contributed by atoms with Crippen molar-refractivity contribution in [3.63, 3.8) is 0 Å². The van der Waals surface area contributed by atoms with Gasteiger partial charge in [-0.25, -0.2) is 0 Å². The van der Waals surface area contributed by atoms with Gasteiger partial charge in [-0.2, -0.15) is 0 Å². The third-order valence-electron chi connectivity index (χ3n) is 5.68. The Morgan fingerprint density at radius 3 is 2.58 bits per heavy atom. The molecule has 1 saturated heterocycles. The number of rotatable bonds is 6. The minimum absolute atomic E-state index is 0. The molecule has 1 fully saturated rings. The molecule has 2 aromatic carbocycles. The highest BCUT2D eigenvalue weighted by Crippen LogP contribution is 2.27. The summed E-state index contributed by atoms with van der Waals surface area (Å²) in [6.07, 6.45) is 4.17. The number of nitrogens with one attached hydrogen (secondary N) is 2.